The largest absolute Gasteiger partial charge is 0.454 e. The van der Waals surface area contributed by atoms with Crippen molar-refractivity contribution in [3.05, 3.63) is 30.0 Å². The zero-order valence-corrected chi connectivity index (χ0v) is 12.0. The lowest BCUT2D eigenvalue weighted by atomic mass is 10.2. The summed E-state index contributed by atoms with van der Waals surface area (Å²) in [7, 11) is 0. The van der Waals surface area contributed by atoms with E-state index < -0.39 is 0 Å². The number of hydrogen-bond donors (Lipinski definition) is 2. The Morgan fingerprint density at radius 2 is 2.09 bits per heavy atom. The molecule has 1 aromatic carbocycles. The molecule has 0 radical (unpaired) electrons. The predicted molar refractivity (Wildman–Crippen MR) is 79.3 cm³/mol. The van der Waals surface area contributed by atoms with Crippen LogP contribution in [0.4, 0.5) is 5.69 Å². The van der Waals surface area contributed by atoms with E-state index in [1.165, 1.54) is 6.20 Å². The summed E-state index contributed by atoms with van der Waals surface area (Å²) in [5, 5.41) is 15.3. The first kappa shape index (κ1) is 14.2. The first-order valence-corrected chi connectivity index (χ1v) is 7.04. The van der Waals surface area contributed by atoms with Crippen LogP contribution in [0.1, 0.15) is 0 Å². The molecule has 0 saturated carbocycles. The summed E-state index contributed by atoms with van der Waals surface area (Å²) in [4.78, 5) is 13.9. The number of piperazine rings is 1. The Hall–Kier alpha value is -2.72. The van der Waals surface area contributed by atoms with Crippen molar-refractivity contribution >= 4 is 11.6 Å². The van der Waals surface area contributed by atoms with Gasteiger partial charge in [-0.15, -0.1) is 0 Å². The van der Waals surface area contributed by atoms with Crippen LogP contribution in [0.5, 0.6) is 11.5 Å². The van der Waals surface area contributed by atoms with Crippen LogP contribution in [0, 0.1) is 11.3 Å². The molecule has 114 valence electrons. The third kappa shape index (κ3) is 2.97. The SMILES string of the molecule is N#C/C(=C/Nc1ccc2c(c1)OCO2)C(=O)N1CCNCC1. The van der Waals surface area contributed by atoms with Crippen LogP contribution in [0.2, 0.25) is 0 Å². The Labute approximate surface area is 128 Å². The molecule has 2 aliphatic heterocycles. The number of anilines is 1. The smallest absolute Gasteiger partial charge is 0.266 e. The van der Waals surface area contributed by atoms with Crippen molar-refractivity contribution in [2.75, 3.05) is 38.3 Å². The van der Waals surface area contributed by atoms with E-state index in [-0.39, 0.29) is 18.3 Å². The van der Waals surface area contributed by atoms with Gasteiger partial charge in [0.05, 0.1) is 0 Å². The number of benzene rings is 1. The molecule has 0 atom stereocenters. The number of rotatable bonds is 3. The molecule has 7 heteroatoms. The van der Waals surface area contributed by atoms with Crippen LogP contribution < -0.4 is 20.1 Å². The number of amides is 1. The minimum atomic E-state index is -0.253. The first-order valence-electron chi connectivity index (χ1n) is 7.04. The van der Waals surface area contributed by atoms with Gasteiger partial charge in [-0.25, -0.2) is 0 Å². The molecule has 0 unspecified atom stereocenters. The van der Waals surface area contributed by atoms with E-state index in [0.717, 1.165) is 18.8 Å². The third-order valence-corrected chi connectivity index (χ3v) is 3.51. The van der Waals surface area contributed by atoms with Gasteiger partial charge in [0.25, 0.3) is 5.91 Å². The van der Waals surface area contributed by atoms with Crippen molar-refractivity contribution in [1.82, 2.24) is 10.2 Å². The van der Waals surface area contributed by atoms with Crippen molar-refractivity contribution in [3.8, 4) is 17.6 Å². The van der Waals surface area contributed by atoms with E-state index in [2.05, 4.69) is 10.6 Å². The van der Waals surface area contributed by atoms with Gasteiger partial charge in [0, 0.05) is 44.1 Å². The van der Waals surface area contributed by atoms with E-state index in [4.69, 9.17) is 9.47 Å². The van der Waals surface area contributed by atoms with Gasteiger partial charge in [-0.2, -0.15) is 5.26 Å². The van der Waals surface area contributed by atoms with Crippen LogP contribution in [0.15, 0.2) is 30.0 Å². The molecule has 1 amide bonds. The first-order chi connectivity index (χ1) is 10.8. The quantitative estimate of drug-likeness (QED) is 0.630. The summed E-state index contributed by atoms with van der Waals surface area (Å²) in [6.45, 7) is 2.93. The highest BCUT2D eigenvalue weighted by molar-refractivity contribution is 5.97. The lowest BCUT2D eigenvalue weighted by Crippen LogP contribution is -2.46. The maximum Gasteiger partial charge on any atom is 0.266 e. The molecular weight excluding hydrogens is 284 g/mol. The van der Waals surface area contributed by atoms with E-state index in [1.54, 1.807) is 23.1 Å². The molecule has 2 N–H and O–H groups in total. The number of carbonyl (C=O) groups is 1. The van der Waals surface area contributed by atoms with Crippen molar-refractivity contribution in [2.45, 2.75) is 0 Å². The fraction of sp³-hybridized carbons (Fsp3) is 0.333. The van der Waals surface area contributed by atoms with Gasteiger partial charge in [0.2, 0.25) is 6.79 Å². The third-order valence-electron chi connectivity index (χ3n) is 3.51. The number of fused-ring (bicyclic) bond motifs is 1. The fourth-order valence-electron chi connectivity index (χ4n) is 2.32. The van der Waals surface area contributed by atoms with Gasteiger partial charge >= 0.3 is 0 Å². The highest BCUT2D eigenvalue weighted by Gasteiger charge is 2.20. The maximum absolute atomic E-state index is 12.3. The molecule has 22 heavy (non-hydrogen) atoms. The number of nitrogens with one attached hydrogen (secondary N) is 2. The Kier molecular flexibility index (Phi) is 4.12. The molecule has 0 bridgehead atoms. The lowest BCUT2D eigenvalue weighted by Gasteiger charge is -2.27. The molecule has 1 aromatic rings. The summed E-state index contributed by atoms with van der Waals surface area (Å²) in [5.74, 6) is 1.08. The van der Waals surface area contributed by atoms with E-state index in [1.807, 2.05) is 6.07 Å². The minimum Gasteiger partial charge on any atom is -0.454 e. The van der Waals surface area contributed by atoms with Crippen molar-refractivity contribution in [3.63, 3.8) is 0 Å². The zero-order valence-electron chi connectivity index (χ0n) is 12.0. The summed E-state index contributed by atoms with van der Waals surface area (Å²) in [6, 6.07) is 7.30. The second-order valence-corrected chi connectivity index (χ2v) is 4.92. The van der Waals surface area contributed by atoms with E-state index in [9.17, 15) is 10.1 Å². The van der Waals surface area contributed by atoms with Gasteiger partial charge < -0.3 is 25.0 Å². The summed E-state index contributed by atoms with van der Waals surface area (Å²) in [6.07, 6.45) is 1.43. The molecular formula is C15H16N4O3. The van der Waals surface area contributed by atoms with Gasteiger partial charge in [-0.1, -0.05) is 0 Å². The second kappa shape index (κ2) is 6.37. The standard InChI is InChI=1S/C15H16N4O3/c16-8-11(15(20)19-5-3-17-4-6-19)9-18-12-1-2-13-14(7-12)22-10-21-13/h1-2,7,9,17-18H,3-6,10H2/b11-9-. The Morgan fingerprint density at radius 1 is 1.32 bits per heavy atom. The Balaban J connectivity index is 1.69. The molecule has 2 heterocycles. The fourth-order valence-corrected chi connectivity index (χ4v) is 2.32. The summed E-state index contributed by atoms with van der Waals surface area (Å²) >= 11 is 0. The average molecular weight is 300 g/mol. The van der Waals surface area contributed by atoms with Crippen LogP contribution in [0.25, 0.3) is 0 Å². The number of carbonyl (C=O) groups excluding carboxylic acids is 1. The van der Waals surface area contributed by atoms with Crippen molar-refractivity contribution < 1.29 is 14.3 Å². The minimum absolute atomic E-state index is 0.0829. The maximum atomic E-state index is 12.3. The monoisotopic (exact) mass is 300 g/mol. The number of ether oxygens (including phenoxy) is 2. The molecule has 2 aliphatic rings. The van der Waals surface area contributed by atoms with Gasteiger partial charge in [-0.05, 0) is 12.1 Å². The molecule has 0 spiro atoms. The Bertz CT molecular complexity index is 645. The predicted octanol–water partition coefficient (Wildman–Crippen LogP) is 0.666. The van der Waals surface area contributed by atoms with Gasteiger partial charge in [0.15, 0.2) is 11.5 Å². The van der Waals surface area contributed by atoms with Crippen LogP contribution >= 0.6 is 0 Å². The molecule has 0 aliphatic carbocycles. The number of hydrogen-bond acceptors (Lipinski definition) is 6. The van der Waals surface area contributed by atoms with E-state index >= 15 is 0 Å². The summed E-state index contributed by atoms with van der Waals surface area (Å²) < 4.78 is 10.5. The molecule has 1 fully saturated rings. The highest BCUT2D eigenvalue weighted by atomic mass is 16.7. The van der Waals surface area contributed by atoms with Crippen LogP contribution in [-0.4, -0.2) is 43.8 Å². The number of nitrogens with zero attached hydrogens (tertiary/aromatic N) is 2. The topological polar surface area (TPSA) is 86.6 Å². The normalized spacial score (nSPS) is 17.0. The van der Waals surface area contributed by atoms with Crippen molar-refractivity contribution in [2.24, 2.45) is 0 Å². The second-order valence-electron chi connectivity index (χ2n) is 4.92. The average Bonchev–Trinajstić information content (AvgIpc) is 3.03. The lowest BCUT2D eigenvalue weighted by molar-refractivity contribution is -0.127. The molecule has 0 aromatic heterocycles. The highest BCUT2D eigenvalue weighted by Crippen LogP contribution is 2.34. The van der Waals surface area contributed by atoms with E-state index in [0.29, 0.717) is 24.6 Å². The van der Waals surface area contributed by atoms with Gasteiger partial charge in [-0.3, -0.25) is 4.79 Å². The van der Waals surface area contributed by atoms with Crippen LogP contribution in [0.3, 0.4) is 0 Å². The molecule has 7 nitrogen and oxygen atoms in total. The zero-order chi connectivity index (χ0) is 15.4. The van der Waals surface area contributed by atoms with Gasteiger partial charge in [0.1, 0.15) is 11.6 Å². The molecule has 3 rings (SSSR count). The summed E-state index contributed by atoms with van der Waals surface area (Å²) in [5.41, 5.74) is 0.810. The number of nitriles is 1. The molecule has 1 saturated heterocycles. The van der Waals surface area contributed by atoms with Crippen molar-refractivity contribution in [1.29, 1.82) is 5.26 Å². The Morgan fingerprint density at radius 3 is 2.86 bits per heavy atom. The van der Waals surface area contributed by atoms with Crippen LogP contribution in [-0.2, 0) is 4.79 Å².